The number of aliphatic imine (C=N–C) groups is 1. The Hall–Kier alpha value is -2.01. The summed E-state index contributed by atoms with van der Waals surface area (Å²) in [4.78, 5) is 14.6. The molecule has 30 heavy (non-hydrogen) atoms. The van der Waals surface area contributed by atoms with Crippen LogP contribution < -0.4 is 10.6 Å². The second kappa shape index (κ2) is 12.6. The largest absolute Gasteiger partial charge is 0.357 e. The Labute approximate surface area is 198 Å². The fraction of sp³-hybridized carbons (Fsp3) is 0.429. The monoisotopic (exact) mass is 540 g/mol. The highest BCUT2D eigenvalue weighted by molar-refractivity contribution is 14.0. The van der Waals surface area contributed by atoms with Crippen LogP contribution >= 0.6 is 35.3 Å². The van der Waals surface area contributed by atoms with Gasteiger partial charge in [0.15, 0.2) is 11.8 Å². The van der Waals surface area contributed by atoms with E-state index in [4.69, 9.17) is 4.52 Å². The third-order valence-corrected chi connectivity index (χ3v) is 5.27. The first kappa shape index (κ1) is 24.3. The van der Waals surface area contributed by atoms with Gasteiger partial charge in [-0.25, -0.2) is 4.98 Å². The molecule has 0 saturated heterocycles. The zero-order chi connectivity index (χ0) is 20.5. The van der Waals surface area contributed by atoms with E-state index in [9.17, 15) is 0 Å². The number of aromatic nitrogens is 3. The zero-order valence-corrected chi connectivity index (χ0v) is 20.8. The molecule has 2 aromatic heterocycles. The summed E-state index contributed by atoms with van der Waals surface area (Å²) in [6.45, 7) is 8.52. The molecule has 7 nitrogen and oxygen atoms in total. The van der Waals surface area contributed by atoms with Crippen molar-refractivity contribution in [3.63, 3.8) is 0 Å². The molecule has 0 amide bonds. The molecule has 0 unspecified atom stereocenters. The number of thiazole rings is 1. The predicted molar refractivity (Wildman–Crippen MR) is 133 cm³/mol. The fourth-order valence-corrected chi connectivity index (χ4v) is 3.55. The van der Waals surface area contributed by atoms with E-state index in [0.717, 1.165) is 61.3 Å². The molecule has 0 saturated carbocycles. The third kappa shape index (κ3) is 7.35. The number of hydrogen-bond acceptors (Lipinski definition) is 6. The molecule has 0 fully saturated rings. The Morgan fingerprint density at radius 2 is 1.93 bits per heavy atom. The SMILES string of the molecule is CCNC(=NCCc1ncc(C)s1)NCCc1ccc(-c2nc(CC)no2)cc1.I. The average molecular weight is 540 g/mol. The fourth-order valence-electron chi connectivity index (χ4n) is 2.78. The first-order valence-corrected chi connectivity index (χ1v) is 10.8. The van der Waals surface area contributed by atoms with Gasteiger partial charge >= 0.3 is 0 Å². The van der Waals surface area contributed by atoms with E-state index in [1.807, 2.05) is 25.3 Å². The molecule has 3 aromatic rings. The summed E-state index contributed by atoms with van der Waals surface area (Å²) < 4.78 is 5.29. The topological polar surface area (TPSA) is 88.2 Å². The van der Waals surface area contributed by atoms with Crippen LogP contribution in [-0.4, -0.2) is 40.7 Å². The minimum absolute atomic E-state index is 0. The number of halogens is 1. The predicted octanol–water partition coefficient (Wildman–Crippen LogP) is 4.02. The molecule has 9 heteroatoms. The van der Waals surface area contributed by atoms with E-state index < -0.39 is 0 Å². The zero-order valence-electron chi connectivity index (χ0n) is 17.6. The van der Waals surface area contributed by atoms with E-state index in [1.165, 1.54) is 10.4 Å². The number of aryl methyl sites for hydroxylation is 2. The maximum absolute atomic E-state index is 5.29. The third-order valence-electron chi connectivity index (χ3n) is 4.30. The van der Waals surface area contributed by atoms with Crippen molar-refractivity contribution in [3.8, 4) is 11.5 Å². The number of nitrogens with one attached hydrogen (secondary N) is 2. The second-order valence-electron chi connectivity index (χ2n) is 6.62. The van der Waals surface area contributed by atoms with E-state index in [1.54, 1.807) is 11.3 Å². The van der Waals surface area contributed by atoms with Crippen molar-refractivity contribution >= 4 is 41.3 Å². The average Bonchev–Trinajstić information content (AvgIpc) is 3.37. The van der Waals surface area contributed by atoms with Crippen LogP contribution in [0.15, 0.2) is 40.0 Å². The maximum atomic E-state index is 5.29. The van der Waals surface area contributed by atoms with Crippen LogP contribution in [0.3, 0.4) is 0 Å². The smallest absolute Gasteiger partial charge is 0.257 e. The molecule has 0 spiro atoms. The molecule has 2 N–H and O–H groups in total. The summed E-state index contributed by atoms with van der Waals surface area (Å²) in [5, 5.41) is 11.8. The Kier molecular flexibility index (Phi) is 10.2. The van der Waals surface area contributed by atoms with Gasteiger partial charge in [0.05, 0.1) is 5.01 Å². The second-order valence-corrected chi connectivity index (χ2v) is 7.94. The Bertz CT molecular complexity index is 922. The quantitative estimate of drug-likeness (QED) is 0.242. The van der Waals surface area contributed by atoms with Gasteiger partial charge in [-0.05, 0) is 38.0 Å². The normalized spacial score (nSPS) is 11.2. The molecular weight excluding hydrogens is 511 g/mol. The highest BCUT2D eigenvalue weighted by Crippen LogP contribution is 2.18. The molecule has 0 aliphatic rings. The molecular formula is C21H29IN6OS. The Morgan fingerprint density at radius 1 is 1.13 bits per heavy atom. The molecule has 1 aromatic carbocycles. The number of hydrogen-bond donors (Lipinski definition) is 2. The lowest BCUT2D eigenvalue weighted by atomic mass is 10.1. The molecule has 2 heterocycles. The van der Waals surface area contributed by atoms with Crippen molar-refractivity contribution in [1.29, 1.82) is 0 Å². The van der Waals surface area contributed by atoms with Crippen molar-refractivity contribution in [1.82, 2.24) is 25.8 Å². The van der Waals surface area contributed by atoms with Gasteiger partial charge in [0.25, 0.3) is 5.89 Å². The summed E-state index contributed by atoms with van der Waals surface area (Å²) in [5.74, 6) is 2.15. The van der Waals surface area contributed by atoms with Gasteiger partial charge in [-0.15, -0.1) is 35.3 Å². The highest BCUT2D eigenvalue weighted by Gasteiger charge is 2.07. The van der Waals surface area contributed by atoms with Crippen LogP contribution in [0.5, 0.6) is 0 Å². The molecule has 0 atom stereocenters. The van der Waals surface area contributed by atoms with Crippen LogP contribution in [0.1, 0.15) is 35.1 Å². The highest BCUT2D eigenvalue weighted by atomic mass is 127. The van der Waals surface area contributed by atoms with Gasteiger partial charge < -0.3 is 15.2 Å². The summed E-state index contributed by atoms with van der Waals surface area (Å²) in [5.41, 5.74) is 2.19. The lowest BCUT2D eigenvalue weighted by molar-refractivity contribution is 0.423. The molecule has 162 valence electrons. The number of nitrogens with zero attached hydrogens (tertiary/aromatic N) is 4. The van der Waals surface area contributed by atoms with Crippen LogP contribution in [0.4, 0.5) is 0 Å². The molecule has 0 aliphatic carbocycles. The molecule has 0 bridgehead atoms. The number of rotatable bonds is 9. The number of benzene rings is 1. The van der Waals surface area contributed by atoms with Gasteiger partial charge in [0.2, 0.25) is 0 Å². The lowest BCUT2D eigenvalue weighted by Crippen LogP contribution is -2.38. The molecule has 3 rings (SSSR count). The van der Waals surface area contributed by atoms with Crippen LogP contribution in [0.2, 0.25) is 0 Å². The van der Waals surface area contributed by atoms with E-state index in [0.29, 0.717) is 5.89 Å². The Morgan fingerprint density at radius 3 is 2.57 bits per heavy atom. The molecule has 0 radical (unpaired) electrons. The minimum atomic E-state index is 0. The van der Waals surface area contributed by atoms with Crippen LogP contribution in [-0.2, 0) is 19.3 Å². The van der Waals surface area contributed by atoms with Gasteiger partial charge in [-0.2, -0.15) is 4.98 Å². The summed E-state index contributed by atoms with van der Waals surface area (Å²) >= 11 is 1.73. The molecule has 0 aliphatic heterocycles. The van der Waals surface area contributed by atoms with Gasteiger partial charge in [-0.1, -0.05) is 24.2 Å². The van der Waals surface area contributed by atoms with Crippen molar-refractivity contribution in [2.45, 2.75) is 40.0 Å². The van der Waals surface area contributed by atoms with E-state index >= 15 is 0 Å². The van der Waals surface area contributed by atoms with E-state index in [-0.39, 0.29) is 24.0 Å². The van der Waals surface area contributed by atoms with Crippen LogP contribution in [0.25, 0.3) is 11.5 Å². The summed E-state index contributed by atoms with van der Waals surface area (Å²) in [6, 6.07) is 8.25. The van der Waals surface area contributed by atoms with Crippen molar-refractivity contribution in [3.05, 3.63) is 51.7 Å². The standard InChI is InChI=1S/C21H28N6OS.HI/c1-4-18-26-20(28-27-18)17-8-6-16(7-9-17)10-12-23-21(22-5-2)24-13-11-19-25-14-15(3)29-19;/h6-9,14H,4-5,10-13H2,1-3H3,(H2,22,23,24);1H. The van der Waals surface area contributed by atoms with Crippen molar-refractivity contribution in [2.24, 2.45) is 4.99 Å². The van der Waals surface area contributed by atoms with Crippen molar-refractivity contribution in [2.75, 3.05) is 19.6 Å². The number of guanidine groups is 1. The van der Waals surface area contributed by atoms with Gasteiger partial charge in [0, 0.05) is 49.1 Å². The van der Waals surface area contributed by atoms with Crippen LogP contribution in [0, 0.1) is 6.92 Å². The minimum Gasteiger partial charge on any atom is -0.357 e. The summed E-state index contributed by atoms with van der Waals surface area (Å²) in [7, 11) is 0. The maximum Gasteiger partial charge on any atom is 0.257 e. The lowest BCUT2D eigenvalue weighted by Gasteiger charge is -2.11. The van der Waals surface area contributed by atoms with Gasteiger partial charge in [0.1, 0.15) is 0 Å². The van der Waals surface area contributed by atoms with Crippen molar-refractivity contribution < 1.29 is 4.52 Å². The first-order chi connectivity index (χ1) is 14.2. The Balaban J connectivity index is 0.00000320. The summed E-state index contributed by atoms with van der Waals surface area (Å²) in [6.07, 6.45) is 4.46. The van der Waals surface area contributed by atoms with E-state index in [2.05, 4.69) is 56.7 Å². The van der Waals surface area contributed by atoms with Gasteiger partial charge in [-0.3, -0.25) is 4.99 Å². The first-order valence-electron chi connectivity index (χ1n) is 10.0.